The van der Waals surface area contributed by atoms with Crippen molar-refractivity contribution >= 4 is 38.1 Å². The summed E-state index contributed by atoms with van der Waals surface area (Å²) in [5, 5.41) is 0. The summed E-state index contributed by atoms with van der Waals surface area (Å²) < 4.78 is 13.6. The molecule has 3 rings (SSSR count). The molecule has 3 aromatic rings. The zero-order chi connectivity index (χ0) is 18.4. The van der Waals surface area contributed by atoms with Crippen LogP contribution in [0.2, 0.25) is 0 Å². The third-order valence-electron chi connectivity index (χ3n) is 3.81. The maximum atomic E-state index is 11.3. The third-order valence-corrected chi connectivity index (χ3v) is 5.24. The van der Waals surface area contributed by atoms with Crippen molar-refractivity contribution in [1.82, 2.24) is 0 Å². The number of para-hydroxylation sites is 1. The van der Waals surface area contributed by atoms with E-state index >= 15 is 0 Å². The molecule has 0 N–H and O–H groups in total. The molecule has 0 saturated heterocycles. The molecule has 0 aliphatic carbocycles. The fraction of sp³-hybridized carbons (Fsp3) is 0.0952. The average Bonchev–Trinajstić information content (AvgIpc) is 2.67. The summed E-state index contributed by atoms with van der Waals surface area (Å²) in [6, 6.07) is 20.9. The molecule has 0 atom stereocenters. The predicted octanol–water partition coefficient (Wildman–Crippen LogP) is 6.18. The molecule has 0 aromatic heterocycles. The minimum absolute atomic E-state index is 0.281. The van der Waals surface area contributed by atoms with Gasteiger partial charge in [-0.1, -0.05) is 46.3 Å². The summed E-state index contributed by atoms with van der Waals surface area (Å²) in [5.74, 6) is 1.42. The fourth-order valence-corrected chi connectivity index (χ4v) is 3.20. The van der Waals surface area contributed by atoms with Gasteiger partial charge in [-0.2, -0.15) is 0 Å². The SMILES string of the molecule is O=Cc1ccc(OCc2ccccc2Br)cc1COc1ccccc1Br. The van der Waals surface area contributed by atoms with E-state index in [4.69, 9.17) is 9.47 Å². The average molecular weight is 476 g/mol. The van der Waals surface area contributed by atoms with E-state index in [9.17, 15) is 4.79 Å². The highest BCUT2D eigenvalue weighted by molar-refractivity contribution is 9.10. The Balaban J connectivity index is 1.73. The number of hydrogen-bond donors (Lipinski definition) is 0. The summed E-state index contributed by atoms with van der Waals surface area (Å²) >= 11 is 6.97. The quantitative estimate of drug-likeness (QED) is 0.382. The van der Waals surface area contributed by atoms with E-state index in [-0.39, 0.29) is 6.61 Å². The molecule has 0 bridgehead atoms. The van der Waals surface area contributed by atoms with Crippen LogP contribution in [-0.2, 0) is 13.2 Å². The number of halogens is 2. The molecule has 0 fully saturated rings. The molecule has 0 heterocycles. The van der Waals surface area contributed by atoms with E-state index in [1.165, 1.54) is 0 Å². The topological polar surface area (TPSA) is 35.5 Å². The minimum Gasteiger partial charge on any atom is -0.489 e. The highest BCUT2D eigenvalue weighted by Crippen LogP contribution is 2.26. The van der Waals surface area contributed by atoms with Crippen LogP contribution in [0, 0.1) is 0 Å². The largest absolute Gasteiger partial charge is 0.489 e. The molecule has 5 heteroatoms. The Hall–Kier alpha value is -2.11. The van der Waals surface area contributed by atoms with E-state index in [2.05, 4.69) is 31.9 Å². The van der Waals surface area contributed by atoms with Crippen LogP contribution in [0.25, 0.3) is 0 Å². The summed E-state index contributed by atoms with van der Waals surface area (Å²) in [4.78, 5) is 11.3. The second-order valence-electron chi connectivity index (χ2n) is 5.58. The number of carbonyl (C=O) groups is 1. The molecule has 0 unspecified atom stereocenters. The highest BCUT2D eigenvalue weighted by Gasteiger charge is 2.08. The van der Waals surface area contributed by atoms with Gasteiger partial charge in [-0.05, 0) is 52.3 Å². The lowest BCUT2D eigenvalue weighted by molar-refractivity contribution is 0.112. The van der Waals surface area contributed by atoms with E-state index in [1.54, 1.807) is 12.1 Å². The standard InChI is InChI=1S/C21H16Br2O3/c22-19-6-2-1-5-16(19)13-25-18-10-9-15(12-24)17(11-18)14-26-21-8-4-3-7-20(21)23/h1-12H,13-14H2. The van der Waals surface area contributed by atoms with Crippen molar-refractivity contribution in [2.45, 2.75) is 13.2 Å². The van der Waals surface area contributed by atoms with Gasteiger partial charge < -0.3 is 9.47 Å². The molecule has 0 spiro atoms. The lowest BCUT2D eigenvalue weighted by Gasteiger charge is -2.12. The molecular formula is C21H16Br2O3. The normalized spacial score (nSPS) is 10.4. The summed E-state index contributed by atoms with van der Waals surface area (Å²) in [7, 11) is 0. The monoisotopic (exact) mass is 474 g/mol. The van der Waals surface area contributed by atoms with Gasteiger partial charge in [0.05, 0.1) is 4.47 Å². The second kappa shape index (κ2) is 9.01. The lowest BCUT2D eigenvalue weighted by Crippen LogP contribution is -2.02. The molecule has 26 heavy (non-hydrogen) atoms. The number of rotatable bonds is 7. The Bertz CT molecular complexity index is 909. The van der Waals surface area contributed by atoms with Gasteiger partial charge in [-0.3, -0.25) is 4.79 Å². The van der Waals surface area contributed by atoms with Crippen molar-refractivity contribution in [2.24, 2.45) is 0 Å². The van der Waals surface area contributed by atoms with Crippen LogP contribution in [0.3, 0.4) is 0 Å². The first kappa shape index (κ1) is 18.7. The first-order valence-corrected chi connectivity index (χ1v) is 9.57. The maximum Gasteiger partial charge on any atom is 0.150 e. The molecular weight excluding hydrogens is 460 g/mol. The Kier molecular flexibility index (Phi) is 6.47. The van der Waals surface area contributed by atoms with E-state index in [0.717, 1.165) is 32.1 Å². The third kappa shape index (κ3) is 4.74. The van der Waals surface area contributed by atoms with Gasteiger partial charge in [0, 0.05) is 21.2 Å². The Morgan fingerprint density at radius 1 is 0.769 bits per heavy atom. The van der Waals surface area contributed by atoms with Crippen LogP contribution in [0.4, 0.5) is 0 Å². The van der Waals surface area contributed by atoms with Crippen LogP contribution in [0.15, 0.2) is 75.7 Å². The highest BCUT2D eigenvalue weighted by atomic mass is 79.9. The van der Waals surface area contributed by atoms with Crippen LogP contribution in [0.1, 0.15) is 21.5 Å². The Morgan fingerprint density at radius 3 is 2.19 bits per heavy atom. The van der Waals surface area contributed by atoms with Gasteiger partial charge in [0.15, 0.2) is 0 Å². The van der Waals surface area contributed by atoms with Crippen molar-refractivity contribution in [3.63, 3.8) is 0 Å². The van der Waals surface area contributed by atoms with Crippen molar-refractivity contribution in [3.05, 3.63) is 92.4 Å². The zero-order valence-electron chi connectivity index (χ0n) is 13.8. The van der Waals surface area contributed by atoms with Crippen LogP contribution >= 0.6 is 31.9 Å². The smallest absolute Gasteiger partial charge is 0.150 e. The fourth-order valence-electron chi connectivity index (χ4n) is 2.41. The molecule has 3 aromatic carbocycles. The van der Waals surface area contributed by atoms with Crippen molar-refractivity contribution in [3.8, 4) is 11.5 Å². The minimum atomic E-state index is 0.281. The molecule has 0 aliphatic rings. The Morgan fingerprint density at radius 2 is 1.46 bits per heavy atom. The number of hydrogen-bond acceptors (Lipinski definition) is 3. The predicted molar refractivity (Wildman–Crippen MR) is 109 cm³/mol. The maximum absolute atomic E-state index is 11.3. The second-order valence-corrected chi connectivity index (χ2v) is 7.29. The first-order chi connectivity index (χ1) is 12.7. The number of benzene rings is 3. The van der Waals surface area contributed by atoms with Gasteiger partial charge in [-0.15, -0.1) is 0 Å². The van der Waals surface area contributed by atoms with Crippen LogP contribution < -0.4 is 9.47 Å². The van der Waals surface area contributed by atoms with Crippen LogP contribution in [-0.4, -0.2) is 6.29 Å². The summed E-state index contributed by atoms with van der Waals surface area (Å²) in [5.41, 5.74) is 2.42. The molecule has 0 saturated carbocycles. The van der Waals surface area contributed by atoms with Gasteiger partial charge in [0.2, 0.25) is 0 Å². The molecule has 132 valence electrons. The molecule has 0 radical (unpaired) electrons. The van der Waals surface area contributed by atoms with Crippen LogP contribution in [0.5, 0.6) is 11.5 Å². The lowest BCUT2D eigenvalue weighted by atomic mass is 10.1. The summed E-state index contributed by atoms with van der Waals surface area (Å²) in [6.07, 6.45) is 0.830. The Labute approximate surface area is 169 Å². The van der Waals surface area contributed by atoms with Crippen molar-refractivity contribution in [1.29, 1.82) is 0 Å². The van der Waals surface area contributed by atoms with Crippen molar-refractivity contribution in [2.75, 3.05) is 0 Å². The van der Waals surface area contributed by atoms with Gasteiger partial charge in [0.1, 0.15) is 31.0 Å². The van der Waals surface area contributed by atoms with E-state index in [0.29, 0.717) is 17.9 Å². The van der Waals surface area contributed by atoms with Gasteiger partial charge in [0.25, 0.3) is 0 Å². The number of carbonyl (C=O) groups excluding carboxylic acids is 1. The van der Waals surface area contributed by atoms with E-state index < -0.39 is 0 Å². The molecule has 0 amide bonds. The first-order valence-electron chi connectivity index (χ1n) is 7.99. The van der Waals surface area contributed by atoms with Crippen molar-refractivity contribution < 1.29 is 14.3 Å². The number of ether oxygens (including phenoxy) is 2. The number of aldehydes is 1. The van der Waals surface area contributed by atoms with Gasteiger partial charge in [-0.25, -0.2) is 0 Å². The van der Waals surface area contributed by atoms with Gasteiger partial charge >= 0.3 is 0 Å². The molecule has 0 aliphatic heterocycles. The van der Waals surface area contributed by atoms with E-state index in [1.807, 2.05) is 54.6 Å². The molecule has 3 nitrogen and oxygen atoms in total. The zero-order valence-corrected chi connectivity index (χ0v) is 17.0. The summed E-state index contributed by atoms with van der Waals surface area (Å²) in [6.45, 7) is 0.718.